The molecule has 5 heteroatoms. The highest BCUT2D eigenvalue weighted by Gasteiger charge is 2.35. The SMILES string of the molecule is C=CC(=O)NC1CC(C(=O)Nc2cccc(OCc3ccccc3)c2)C1. The minimum Gasteiger partial charge on any atom is -0.489 e. The third kappa shape index (κ3) is 4.72. The molecule has 2 N–H and O–H groups in total. The number of carbonyl (C=O) groups is 2. The maximum Gasteiger partial charge on any atom is 0.243 e. The van der Waals surface area contributed by atoms with Gasteiger partial charge in [-0.05, 0) is 36.6 Å². The van der Waals surface area contributed by atoms with Crippen molar-refractivity contribution in [2.75, 3.05) is 5.32 Å². The molecule has 26 heavy (non-hydrogen) atoms. The summed E-state index contributed by atoms with van der Waals surface area (Å²) in [6.45, 7) is 3.90. The van der Waals surface area contributed by atoms with E-state index in [4.69, 9.17) is 4.74 Å². The van der Waals surface area contributed by atoms with Gasteiger partial charge < -0.3 is 15.4 Å². The molecule has 0 aliphatic heterocycles. The quantitative estimate of drug-likeness (QED) is 0.753. The Morgan fingerprint density at radius 1 is 1.12 bits per heavy atom. The molecule has 0 heterocycles. The van der Waals surface area contributed by atoms with Gasteiger partial charge in [0.25, 0.3) is 0 Å². The first-order chi connectivity index (χ1) is 12.6. The van der Waals surface area contributed by atoms with E-state index in [1.54, 1.807) is 0 Å². The number of hydrogen-bond donors (Lipinski definition) is 2. The van der Waals surface area contributed by atoms with Gasteiger partial charge in [0.05, 0.1) is 0 Å². The molecule has 1 fully saturated rings. The van der Waals surface area contributed by atoms with E-state index in [9.17, 15) is 9.59 Å². The van der Waals surface area contributed by atoms with Gasteiger partial charge in [0.15, 0.2) is 0 Å². The number of amides is 2. The maximum absolute atomic E-state index is 12.3. The van der Waals surface area contributed by atoms with E-state index in [2.05, 4.69) is 17.2 Å². The van der Waals surface area contributed by atoms with Crippen LogP contribution in [0.3, 0.4) is 0 Å². The standard InChI is InChI=1S/C21H22N2O3/c1-2-20(24)22-18-11-16(12-18)21(25)23-17-9-6-10-19(13-17)26-14-15-7-4-3-5-8-15/h2-10,13,16,18H,1,11-12,14H2,(H,22,24)(H,23,25). The fourth-order valence-electron chi connectivity index (χ4n) is 2.86. The first kappa shape index (κ1) is 17.7. The number of rotatable bonds is 7. The molecule has 134 valence electrons. The van der Waals surface area contributed by atoms with Crippen LogP contribution in [0.5, 0.6) is 5.75 Å². The van der Waals surface area contributed by atoms with Crippen LogP contribution in [0.25, 0.3) is 0 Å². The first-order valence-electron chi connectivity index (χ1n) is 8.64. The molecular weight excluding hydrogens is 328 g/mol. The van der Waals surface area contributed by atoms with Crippen molar-refractivity contribution in [3.05, 3.63) is 72.8 Å². The Labute approximate surface area is 153 Å². The van der Waals surface area contributed by atoms with E-state index in [-0.39, 0.29) is 23.8 Å². The summed E-state index contributed by atoms with van der Waals surface area (Å²) in [6.07, 6.45) is 2.54. The third-order valence-corrected chi connectivity index (χ3v) is 4.39. The van der Waals surface area contributed by atoms with Gasteiger partial charge in [0, 0.05) is 23.7 Å². The molecule has 0 saturated heterocycles. The summed E-state index contributed by atoms with van der Waals surface area (Å²) in [5.41, 5.74) is 1.79. The molecule has 0 aromatic heterocycles. The van der Waals surface area contributed by atoms with E-state index in [1.165, 1.54) is 6.08 Å². The predicted molar refractivity (Wildman–Crippen MR) is 101 cm³/mol. The lowest BCUT2D eigenvalue weighted by atomic mass is 9.79. The van der Waals surface area contributed by atoms with Crippen LogP contribution in [0.1, 0.15) is 18.4 Å². The second kappa shape index (κ2) is 8.34. The highest BCUT2D eigenvalue weighted by Crippen LogP contribution is 2.29. The fourth-order valence-corrected chi connectivity index (χ4v) is 2.86. The van der Waals surface area contributed by atoms with Gasteiger partial charge in [0.1, 0.15) is 12.4 Å². The van der Waals surface area contributed by atoms with Gasteiger partial charge in [-0.15, -0.1) is 0 Å². The normalized spacial score (nSPS) is 18.3. The molecule has 2 aromatic rings. The highest BCUT2D eigenvalue weighted by atomic mass is 16.5. The summed E-state index contributed by atoms with van der Waals surface area (Å²) >= 11 is 0. The average Bonchev–Trinajstić information content (AvgIpc) is 2.63. The fraction of sp³-hybridized carbons (Fsp3) is 0.238. The number of hydrogen-bond acceptors (Lipinski definition) is 3. The van der Waals surface area contributed by atoms with Crippen LogP contribution in [0, 0.1) is 5.92 Å². The molecule has 0 spiro atoms. The maximum atomic E-state index is 12.3. The van der Waals surface area contributed by atoms with E-state index < -0.39 is 0 Å². The highest BCUT2D eigenvalue weighted by molar-refractivity contribution is 5.94. The minimum absolute atomic E-state index is 0.0330. The summed E-state index contributed by atoms with van der Waals surface area (Å²) in [5.74, 6) is 0.391. The van der Waals surface area contributed by atoms with Crippen LogP contribution < -0.4 is 15.4 Å². The summed E-state index contributed by atoms with van der Waals surface area (Å²) in [4.78, 5) is 23.5. The molecule has 5 nitrogen and oxygen atoms in total. The van der Waals surface area contributed by atoms with Gasteiger partial charge in [-0.25, -0.2) is 0 Å². The van der Waals surface area contributed by atoms with Gasteiger partial charge in [0.2, 0.25) is 11.8 Å². The van der Waals surface area contributed by atoms with Crippen molar-refractivity contribution in [1.29, 1.82) is 0 Å². The Morgan fingerprint density at radius 3 is 2.62 bits per heavy atom. The summed E-state index contributed by atoms with van der Waals surface area (Å²) < 4.78 is 5.78. The van der Waals surface area contributed by atoms with Crippen molar-refractivity contribution in [2.45, 2.75) is 25.5 Å². The van der Waals surface area contributed by atoms with Crippen molar-refractivity contribution in [3.63, 3.8) is 0 Å². The average molecular weight is 350 g/mol. The van der Waals surface area contributed by atoms with Crippen LogP contribution in [0.4, 0.5) is 5.69 Å². The predicted octanol–water partition coefficient (Wildman–Crippen LogP) is 3.28. The topological polar surface area (TPSA) is 67.4 Å². The molecule has 0 bridgehead atoms. The Hall–Kier alpha value is -3.08. The Morgan fingerprint density at radius 2 is 1.88 bits per heavy atom. The number of nitrogens with one attached hydrogen (secondary N) is 2. The van der Waals surface area contributed by atoms with Crippen LogP contribution in [0.2, 0.25) is 0 Å². The lowest BCUT2D eigenvalue weighted by Gasteiger charge is -2.34. The summed E-state index contributed by atoms with van der Waals surface area (Å²) in [6, 6.07) is 17.3. The molecule has 0 radical (unpaired) electrons. The van der Waals surface area contributed by atoms with Crippen molar-refractivity contribution >= 4 is 17.5 Å². The van der Waals surface area contributed by atoms with Crippen LogP contribution in [0.15, 0.2) is 67.3 Å². The van der Waals surface area contributed by atoms with E-state index in [1.807, 2.05) is 54.6 Å². The van der Waals surface area contributed by atoms with Crippen molar-refractivity contribution in [2.24, 2.45) is 5.92 Å². The lowest BCUT2D eigenvalue weighted by molar-refractivity contribution is -0.125. The molecule has 0 atom stereocenters. The Kier molecular flexibility index (Phi) is 5.69. The first-order valence-corrected chi connectivity index (χ1v) is 8.64. The Balaban J connectivity index is 1.48. The lowest BCUT2D eigenvalue weighted by Crippen LogP contribution is -2.47. The molecule has 1 aliphatic rings. The zero-order valence-electron chi connectivity index (χ0n) is 14.5. The summed E-state index contributed by atoms with van der Waals surface area (Å²) in [5, 5.41) is 5.72. The molecule has 2 amide bonds. The molecule has 1 saturated carbocycles. The molecular formula is C21H22N2O3. The molecule has 2 aromatic carbocycles. The third-order valence-electron chi connectivity index (χ3n) is 4.39. The van der Waals surface area contributed by atoms with Gasteiger partial charge in [-0.2, -0.15) is 0 Å². The number of benzene rings is 2. The molecule has 0 unspecified atom stereocenters. The number of ether oxygens (including phenoxy) is 1. The Bertz CT molecular complexity index is 783. The zero-order valence-corrected chi connectivity index (χ0v) is 14.5. The van der Waals surface area contributed by atoms with E-state index in [0.29, 0.717) is 30.9 Å². The van der Waals surface area contributed by atoms with Crippen LogP contribution in [-0.2, 0) is 16.2 Å². The number of anilines is 1. The van der Waals surface area contributed by atoms with Crippen molar-refractivity contribution in [3.8, 4) is 5.75 Å². The van der Waals surface area contributed by atoms with Gasteiger partial charge >= 0.3 is 0 Å². The largest absolute Gasteiger partial charge is 0.489 e. The second-order valence-corrected chi connectivity index (χ2v) is 6.37. The van der Waals surface area contributed by atoms with Gasteiger partial charge in [-0.3, -0.25) is 9.59 Å². The number of carbonyl (C=O) groups excluding carboxylic acids is 2. The zero-order chi connectivity index (χ0) is 18.4. The smallest absolute Gasteiger partial charge is 0.243 e. The monoisotopic (exact) mass is 350 g/mol. The van der Waals surface area contributed by atoms with Crippen LogP contribution >= 0.6 is 0 Å². The van der Waals surface area contributed by atoms with Gasteiger partial charge in [-0.1, -0.05) is 43.0 Å². The minimum atomic E-state index is -0.197. The molecule has 1 aliphatic carbocycles. The van der Waals surface area contributed by atoms with Crippen molar-refractivity contribution < 1.29 is 14.3 Å². The van der Waals surface area contributed by atoms with E-state index in [0.717, 1.165) is 5.56 Å². The molecule has 3 rings (SSSR count). The van der Waals surface area contributed by atoms with Crippen LogP contribution in [-0.4, -0.2) is 17.9 Å². The van der Waals surface area contributed by atoms with E-state index >= 15 is 0 Å². The van der Waals surface area contributed by atoms with Crippen molar-refractivity contribution in [1.82, 2.24) is 5.32 Å². The summed E-state index contributed by atoms with van der Waals surface area (Å²) in [7, 11) is 0. The second-order valence-electron chi connectivity index (χ2n) is 6.37.